The third kappa shape index (κ3) is 7.58. The Labute approximate surface area is 125 Å². The van der Waals surface area contributed by atoms with Gasteiger partial charge in [-0.15, -0.1) is 0 Å². The van der Waals surface area contributed by atoms with Crippen molar-refractivity contribution in [2.75, 3.05) is 19.8 Å². The Morgan fingerprint density at radius 2 is 2.05 bits per heavy atom. The van der Waals surface area contributed by atoms with Gasteiger partial charge in [0.1, 0.15) is 12.4 Å². The smallest absolute Gasteiger partial charge is 0.120 e. The molecule has 1 aromatic rings. The lowest BCUT2D eigenvalue weighted by atomic mass is 10.0. The van der Waals surface area contributed by atoms with Crippen LogP contribution in [0.2, 0.25) is 0 Å². The van der Waals surface area contributed by atoms with Crippen molar-refractivity contribution in [3.8, 4) is 5.75 Å². The number of rotatable bonds is 10. The van der Waals surface area contributed by atoms with Crippen LogP contribution in [0.25, 0.3) is 0 Å². The van der Waals surface area contributed by atoms with Crippen molar-refractivity contribution >= 4 is 15.9 Å². The Kier molecular flexibility index (Phi) is 8.93. The maximum Gasteiger partial charge on any atom is 0.120 e. The standard InChI is InChI=1S/C16H25BrO2/c1-3-5-7-14(4-2)13-18-10-11-19-16-9-6-8-15(17)12-16/h6,8-9,12,14H,3-5,7,10-11,13H2,1-2H3. The summed E-state index contributed by atoms with van der Waals surface area (Å²) in [7, 11) is 0. The van der Waals surface area contributed by atoms with Crippen molar-refractivity contribution < 1.29 is 9.47 Å². The number of halogens is 1. The van der Waals surface area contributed by atoms with Crippen LogP contribution in [-0.2, 0) is 4.74 Å². The van der Waals surface area contributed by atoms with Crippen LogP contribution in [0.1, 0.15) is 39.5 Å². The monoisotopic (exact) mass is 328 g/mol. The molecule has 19 heavy (non-hydrogen) atoms. The molecule has 0 N–H and O–H groups in total. The number of hydrogen-bond donors (Lipinski definition) is 0. The fraction of sp³-hybridized carbons (Fsp3) is 0.625. The van der Waals surface area contributed by atoms with Crippen LogP contribution >= 0.6 is 15.9 Å². The zero-order valence-corrected chi connectivity index (χ0v) is 13.6. The molecule has 0 aliphatic carbocycles. The lowest BCUT2D eigenvalue weighted by molar-refractivity contribution is 0.0699. The van der Waals surface area contributed by atoms with Crippen LogP contribution in [0.4, 0.5) is 0 Å². The highest BCUT2D eigenvalue weighted by Gasteiger charge is 2.05. The second-order valence-electron chi connectivity index (χ2n) is 4.80. The predicted molar refractivity (Wildman–Crippen MR) is 83.8 cm³/mol. The van der Waals surface area contributed by atoms with Gasteiger partial charge in [0.05, 0.1) is 6.61 Å². The molecule has 1 unspecified atom stereocenters. The van der Waals surface area contributed by atoms with Gasteiger partial charge in [-0.1, -0.05) is 55.1 Å². The maximum absolute atomic E-state index is 5.70. The Morgan fingerprint density at radius 1 is 1.21 bits per heavy atom. The van der Waals surface area contributed by atoms with Crippen LogP contribution < -0.4 is 4.74 Å². The topological polar surface area (TPSA) is 18.5 Å². The Hall–Kier alpha value is -0.540. The first-order chi connectivity index (χ1) is 9.26. The first-order valence-corrected chi connectivity index (χ1v) is 8.01. The first kappa shape index (κ1) is 16.5. The molecule has 2 nitrogen and oxygen atoms in total. The molecule has 0 spiro atoms. The van der Waals surface area contributed by atoms with E-state index in [1.807, 2.05) is 24.3 Å². The largest absolute Gasteiger partial charge is 0.491 e. The average molecular weight is 329 g/mol. The Morgan fingerprint density at radius 3 is 2.74 bits per heavy atom. The number of benzene rings is 1. The van der Waals surface area contributed by atoms with Crippen LogP contribution in [0.3, 0.4) is 0 Å². The van der Waals surface area contributed by atoms with E-state index in [-0.39, 0.29) is 0 Å². The van der Waals surface area contributed by atoms with Crippen LogP contribution in [0.5, 0.6) is 5.75 Å². The molecule has 0 aliphatic heterocycles. The van der Waals surface area contributed by atoms with Gasteiger partial charge in [0, 0.05) is 11.1 Å². The summed E-state index contributed by atoms with van der Waals surface area (Å²) >= 11 is 3.43. The molecular formula is C16H25BrO2. The zero-order chi connectivity index (χ0) is 13.9. The molecule has 0 saturated carbocycles. The fourth-order valence-corrected chi connectivity index (χ4v) is 2.30. The van der Waals surface area contributed by atoms with Crippen molar-refractivity contribution in [3.63, 3.8) is 0 Å². The summed E-state index contributed by atoms with van der Waals surface area (Å²) in [6.45, 7) is 6.61. The van der Waals surface area contributed by atoms with E-state index in [1.54, 1.807) is 0 Å². The minimum Gasteiger partial charge on any atom is -0.491 e. The molecule has 0 bridgehead atoms. The summed E-state index contributed by atoms with van der Waals surface area (Å²) in [6, 6.07) is 7.89. The molecule has 0 fully saturated rings. The van der Waals surface area contributed by atoms with E-state index in [1.165, 1.54) is 25.7 Å². The lowest BCUT2D eigenvalue weighted by Crippen LogP contribution is -2.13. The summed E-state index contributed by atoms with van der Waals surface area (Å²) in [4.78, 5) is 0. The van der Waals surface area contributed by atoms with Crippen LogP contribution in [0.15, 0.2) is 28.7 Å². The van der Waals surface area contributed by atoms with E-state index in [0.29, 0.717) is 19.1 Å². The van der Waals surface area contributed by atoms with Gasteiger partial charge in [0.25, 0.3) is 0 Å². The molecule has 1 aromatic carbocycles. The molecule has 1 atom stereocenters. The Bertz CT molecular complexity index is 341. The van der Waals surface area contributed by atoms with Gasteiger partial charge in [0.2, 0.25) is 0 Å². The average Bonchev–Trinajstić information content (AvgIpc) is 2.42. The summed E-state index contributed by atoms with van der Waals surface area (Å²) in [5.41, 5.74) is 0. The molecule has 0 radical (unpaired) electrons. The van der Waals surface area contributed by atoms with E-state index < -0.39 is 0 Å². The molecule has 1 rings (SSSR count). The summed E-state index contributed by atoms with van der Waals surface area (Å²) in [5, 5.41) is 0. The first-order valence-electron chi connectivity index (χ1n) is 7.22. The normalized spacial score (nSPS) is 12.4. The Balaban J connectivity index is 2.10. The quantitative estimate of drug-likeness (QED) is 0.559. The molecule has 0 heterocycles. The molecule has 3 heteroatoms. The molecule has 0 aromatic heterocycles. The third-order valence-corrected chi connectivity index (χ3v) is 3.68. The third-order valence-electron chi connectivity index (χ3n) is 3.19. The second-order valence-corrected chi connectivity index (χ2v) is 5.71. The SMILES string of the molecule is CCCCC(CC)COCCOc1cccc(Br)c1. The highest BCUT2D eigenvalue weighted by atomic mass is 79.9. The van der Waals surface area contributed by atoms with Gasteiger partial charge in [-0.25, -0.2) is 0 Å². The van der Waals surface area contributed by atoms with Gasteiger partial charge in [0.15, 0.2) is 0 Å². The second kappa shape index (κ2) is 10.3. The molecule has 0 aliphatic rings. The van der Waals surface area contributed by atoms with E-state index in [2.05, 4.69) is 29.8 Å². The van der Waals surface area contributed by atoms with Crippen molar-refractivity contribution in [2.45, 2.75) is 39.5 Å². The minimum atomic E-state index is 0.612. The summed E-state index contributed by atoms with van der Waals surface area (Å²) in [6.07, 6.45) is 5.05. The van der Waals surface area contributed by atoms with Gasteiger partial charge < -0.3 is 9.47 Å². The van der Waals surface area contributed by atoms with E-state index in [0.717, 1.165) is 16.8 Å². The number of ether oxygens (including phenoxy) is 2. The van der Waals surface area contributed by atoms with E-state index >= 15 is 0 Å². The van der Waals surface area contributed by atoms with Crippen molar-refractivity contribution in [2.24, 2.45) is 5.92 Å². The maximum atomic E-state index is 5.70. The lowest BCUT2D eigenvalue weighted by Gasteiger charge is -2.14. The van der Waals surface area contributed by atoms with Gasteiger partial charge in [-0.2, -0.15) is 0 Å². The fourth-order valence-electron chi connectivity index (χ4n) is 1.92. The van der Waals surface area contributed by atoms with Crippen LogP contribution in [-0.4, -0.2) is 19.8 Å². The molecular weight excluding hydrogens is 304 g/mol. The zero-order valence-electron chi connectivity index (χ0n) is 12.0. The van der Waals surface area contributed by atoms with E-state index in [9.17, 15) is 0 Å². The van der Waals surface area contributed by atoms with Crippen molar-refractivity contribution in [1.82, 2.24) is 0 Å². The highest BCUT2D eigenvalue weighted by Crippen LogP contribution is 2.17. The van der Waals surface area contributed by atoms with Gasteiger partial charge >= 0.3 is 0 Å². The number of hydrogen-bond acceptors (Lipinski definition) is 2. The van der Waals surface area contributed by atoms with Gasteiger partial charge in [-0.3, -0.25) is 0 Å². The van der Waals surface area contributed by atoms with Crippen LogP contribution in [0, 0.1) is 5.92 Å². The summed E-state index contributed by atoms with van der Waals surface area (Å²) in [5.74, 6) is 1.59. The van der Waals surface area contributed by atoms with Gasteiger partial charge in [-0.05, 0) is 30.5 Å². The molecule has 108 valence electrons. The molecule has 0 amide bonds. The highest BCUT2D eigenvalue weighted by molar-refractivity contribution is 9.10. The number of unbranched alkanes of at least 4 members (excludes halogenated alkanes) is 1. The van der Waals surface area contributed by atoms with Crippen molar-refractivity contribution in [3.05, 3.63) is 28.7 Å². The van der Waals surface area contributed by atoms with E-state index in [4.69, 9.17) is 9.47 Å². The predicted octanol–water partition coefficient (Wildman–Crippen LogP) is 5.06. The molecule has 0 saturated heterocycles. The minimum absolute atomic E-state index is 0.612. The van der Waals surface area contributed by atoms with Crippen molar-refractivity contribution in [1.29, 1.82) is 0 Å². The summed E-state index contributed by atoms with van der Waals surface area (Å²) < 4.78 is 12.4.